The number of nitrogens with one attached hydrogen (secondary N) is 1. The van der Waals surface area contributed by atoms with Crippen LogP contribution in [-0.2, 0) is 11.3 Å². The molecule has 3 rings (SSSR count). The summed E-state index contributed by atoms with van der Waals surface area (Å²) >= 11 is 0. The minimum atomic E-state index is -0.183. The van der Waals surface area contributed by atoms with E-state index >= 15 is 0 Å². The van der Waals surface area contributed by atoms with Gasteiger partial charge in [0.2, 0.25) is 5.91 Å². The van der Waals surface area contributed by atoms with Crippen LogP contribution in [0.2, 0.25) is 0 Å². The van der Waals surface area contributed by atoms with Crippen molar-refractivity contribution in [2.24, 2.45) is 0 Å². The van der Waals surface area contributed by atoms with Gasteiger partial charge < -0.3 is 10.2 Å². The molecule has 0 bridgehead atoms. The van der Waals surface area contributed by atoms with E-state index in [0.29, 0.717) is 25.1 Å². The Balaban J connectivity index is 1.59. The molecule has 1 N–H and O–H groups in total. The lowest BCUT2D eigenvalue weighted by molar-refractivity contribution is -0.128. The molecule has 5 heteroatoms. The molecule has 0 unspecified atom stereocenters. The molecule has 23 heavy (non-hydrogen) atoms. The molecule has 1 aromatic heterocycles. The zero-order valence-electron chi connectivity index (χ0n) is 13.0. The van der Waals surface area contributed by atoms with Crippen molar-refractivity contribution in [3.63, 3.8) is 0 Å². The highest BCUT2D eigenvalue weighted by atomic mass is 16.2. The molecule has 0 radical (unpaired) electrons. The lowest BCUT2D eigenvalue weighted by atomic mass is 10.2. The van der Waals surface area contributed by atoms with Crippen LogP contribution in [0.15, 0.2) is 48.7 Å². The van der Waals surface area contributed by atoms with Gasteiger partial charge in [0.25, 0.3) is 5.91 Å². The van der Waals surface area contributed by atoms with Crippen LogP contribution in [0.1, 0.15) is 28.0 Å². The Morgan fingerprint density at radius 2 is 2.04 bits per heavy atom. The Labute approximate surface area is 135 Å². The number of benzene rings is 1. The molecular formula is C18H19N3O2. The molecule has 5 nitrogen and oxygen atoms in total. The number of amides is 2. The molecule has 1 aliphatic heterocycles. The van der Waals surface area contributed by atoms with E-state index in [1.54, 1.807) is 23.2 Å². The number of hydrogen-bond acceptors (Lipinski definition) is 3. The van der Waals surface area contributed by atoms with E-state index in [0.717, 1.165) is 11.3 Å². The number of carbonyl (C=O) groups excluding carboxylic acids is 2. The van der Waals surface area contributed by atoms with E-state index in [1.807, 2.05) is 37.3 Å². The number of nitrogens with zero attached hydrogens (tertiary/aromatic N) is 2. The Kier molecular flexibility index (Phi) is 4.37. The van der Waals surface area contributed by atoms with Gasteiger partial charge in [0.05, 0.1) is 11.6 Å². The highest BCUT2D eigenvalue weighted by Gasteiger charge is 2.30. The molecule has 118 valence electrons. The van der Waals surface area contributed by atoms with Crippen LogP contribution in [0.3, 0.4) is 0 Å². The Bertz CT molecular complexity index is 698. The zero-order valence-corrected chi connectivity index (χ0v) is 13.0. The molecule has 0 saturated carbocycles. The van der Waals surface area contributed by atoms with Gasteiger partial charge in [-0.1, -0.05) is 30.3 Å². The first-order chi connectivity index (χ1) is 11.1. The summed E-state index contributed by atoms with van der Waals surface area (Å²) in [5.74, 6) is -0.113. The summed E-state index contributed by atoms with van der Waals surface area (Å²) in [5.41, 5.74) is 2.48. The molecule has 2 aromatic rings. The lowest BCUT2D eigenvalue weighted by Gasteiger charge is -2.17. The third kappa shape index (κ3) is 3.74. The van der Waals surface area contributed by atoms with Crippen molar-refractivity contribution in [1.29, 1.82) is 0 Å². The summed E-state index contributed by atoms with van der Waals surface area (Å²) in [5, 5.41) is 2.92. The normalized spacial score (nSPS) is 17.3. The minimum Gasteiger partial charge on any atom is -0.347 e. The summed E-state index contributed by atoms with van der Waals surface area (Å²) < 4.78 is 0. The lowest BCUT2D eigenvalue weighted by Crippen LogP contribution is -2.37. The average molecular weight is 309 g/mol. The van der Waals surface area contributed by atoms with Gasteiger partial charge in [-0.2, -0.15) is 0 Å². The zero-order chi connectivity index (χ0) is 16.2. The maximum absolute atomic E-state index is 12.2. The van der Waals surface area contributed by atoms with Gasteiger partial charge in [-0.15, -0.1) is 0 Å². The first kappa shape index (κ1) is 15.2. The van der Waals surface area contributed by atoms with Crippen LogP contribution in [0.4, 0.5) is 0 Å². The number of rotatable bonds is 4. The summed E-state index contributed by atoms with van der Waals surface area (Å²) in [4.78, 5) is 30.2. The molecule has 1 aliphatic rings. The average Bonchev–Trinajstić information content (AvgIpc) is 2.88. The second-order valence-electron chi connectivity index (χ2n) is 5.82. The Hall–Kier alpha value is -2.69. The van der Waals surface area contributed by atoms with Crippen molar-refractivity contribution in [3.05, 3.63) is 65.5 Å². The van der Waals surface area contributed by atoms with Gasteiger partial charge in [-0.25, -0.2) is 0 Å². The third-order valence-electron chi connectivity index (χ3n) is 3.94. The second-order valence-corrected chi connectivity index (χ2v) is 5.82. The summed E-state index contributed by atoms with van der Waals surface area (Å²) in [7, 11) is 0. The van der Waals surface area contributed by atoms with Gasteiger partial charge in [0.1, 0.15) is 0 Å². The molecule has 0 aliphatic carbocycles. The fraction of sp³-hybridized carbons (Fsp3) is 0.278. The predicted octanol–water partition coefficient (Wildman–Crippen LogP) is 1.92. The molecule has 2 amide bonds. The number of aryl methyl sites for hydroxylation is 1. The van der Waals surface area contributed by atoms with E-state index in [1.165, 1.54) is 0 Å². The van der Waals surface area contributed by atoms with Crippen LogP contribution in [0.5, 0.6) is 0 Å². The van der Waals surface area contributed by atoms with E-state index in [4.69, 9.17) is 0 Å². The van der Waals surface area contributed by atoms with Crippen LogP contribution >= 0.6 is 0 Å². The maximum atomic E-state index is 12.2. The van der Waals surface area contributed by atoms with E-state index in [2.05, 4.69) is 10.3 Å². The maximum Gasteiger partial charge on any atom is 0.253 e. The molecule has 1 saturated heterocycles. The topological polar surface area (TPSA) is 62.3 Å². The molecule has 0 spiro atoms. The molecule has 2 heterocycles. The van der Waals surface area contributed by atoms with E-state index in [-0.39, 0.29) is 17.9 Å². The van der Waals surface area contributed by atoms with Crippen molar-refractivity contribution < 1.29 is 9.59 Å². The second kappa shape index (κ2) is 6.60. The van der Waals surface area contributed by atoms with Gasteiger partial charge in [-0.05, 0) is 24.6 Å². The van der Waals surface area contributed by atoms with Crippen LogP contribution in [-0.4, -0.2) is 34.3 Å². The molecular weight excluding hydrogens is 290 g/mol. The quantitative estimate of drug-likeness (QED) is 0.938. The fourth-order valence-electron chi connectivity index (χ4n) is 2.70. The van der Waals surface area contributed by atoms with Gasteiger partial charge in [-0.3, -0.25) is 14.6 Å². The standard InChI is InChI=1S/C18H19N3O2/c1-13-7-8-15(10-19-13)18(23)20-16-9-17(22)21(12-16)11-14-5-3-2-4-6-14/h2-8,10,16H,9,11-12H2,1H3,(H,20,23)/t16-/m1/s1. The largest absolute Gasteiger partial charge is 0.347 e. The summed E-state index contributed by atoms with van der Waals surface area (Å²) in [6.07, 6.45) is 1.90. The van der Waals surface area contributed by atoms with Crippen molar-refractivity contribution in [1.82, 2.24) is 15.2 Å². The van der Waals surface area contributed by atoms with E-state index < -0.39 is 0 Å². The number of hydrogen-bond donors (Lipinski definition) is 1. The summed E-state index contributed by atoms with van der Waals surface area (Å²) in [6.45, 7) is 3.00. The van der Waals surface area contributed by atoms with Crippen LogP contribution in [0.25, 0.3) is 0 Å². The smallest absolute Gasteiger partial charge is 0.253 e. The third-order valence-corrected chi connectivity index (χ3v) is 3.94. The van der Waals surface area contributed by atoms with Crippen molar-refractivity contribution in [2.75, 3.05) is 6.54 Å². The van der Waals surface area contributed by atoms with Crippen LogP contribution < -0.4 is 5.32 Å². The predicted molar refractivity (Wildman–Crippen MR) is 86.7 cm³/mol. The highest BCUT2D eigenvalue weighted by molar-refractivity contribution is 5.94. The molecule has 1 atom stereocenters. The highest BCUT2D eigenvalue weighted by Crippen LogP contribution is 2.15. The van der Waals surface area contributed by atoms with Gasteiger partial charge in [0.15, 0.2) is 0 Å². The van der Waals surface area contributed by atoms with Crippen molar-refractivity contribution in [2.45, 2.75) is 25.9 Å². The molecule has 1 aromatic carbocycles. The Morgan fingerprint density at radius 3 is 2.74 bits per heavy atom. The monoisotopic (exact) mass is 309 g/mol. The number of pyridine rings is 1. The SMILES string of the molecule is Cc1ccc(C(=O)N[C@@H]2CC(=O)N(Cc3ccccc3)C2)cn1. The number of carbonyl (C=O) groups is 2. The molecule has 1 fully saturated rings. The van der Waals surface area contributed by atoms with E-state index in [9.17, 15) is 9.59 Å². The van der Waals surface area contributed by atoms with Crippen LogP contribution in [0, 0.1) is 6.92 Å². The first-order valence-electron chi connectivity index (χ1n) is 7.67. The first-order valence-corrected chi connectivity index (χ1v) is 7.67. The van der Waals surface area contributed by atoms with Gasteiger partial charge >= 0.3 is 0 Å². The van der Waals surface area contributed by atoms with Gasteiger partial charge in [0, 0.05) is 31.4 Å². The number of aromatic nitrogens is 1. The Morgan fingerprint density at radius 1 is 1.26 bits per heavy atom. The van der Waals surface area contributed by atoms with Crippen molar-refractivity contribution >= 4 is 11.8 Å². The fourth-order valence-corrected chi connectivity index (χ4v) is 2.70. The number of likely N-dealkylation sites (tertiary alicyclic amines) is 1. The minimum absolute atomic E-state index is 0.0705. The summed E-state index contributed by atoms with van der Waals surface area (Å²) in [6, 6.07) is 13.3. The van der Waals surface area contributed by atoms with Crippen molar-refractivity contribution in [3.8, 4) is 0 Å².